The molecular formula is C19H23F3N4O2. The second-order valence-electron chi connectivity index (χ2n) is 7.19. The Bertz CT molecular complexity index is 835. The van der Waals surface area contributed by atoms with Gasteiger partial charge in [-0.25, -0.2) is 0 Å². The van der Waals surface area contributed by atoms with Gasteiger partial charge in [0.2, 0.25) is 0 Å². The largest absolute Gasteiger partial charge is 0.507 e. The van der Waals surface area contributed by atoms with Gasteiger partial charge in [-0.3, -0.25) is 0 Å². The fourth-order valence-corrected chi connectivity index (χ4v) is 3.54. The molecule has 2 aromatic rings. The summed E-state index contributed by atoms with van der Waals surface area (Å²) in [6.07, 6.45) is -2.53. The molecule has 1 aliphatic heterocycles. The summed E-state index contributed by atoms with van der Waals surface area (Å²) in [5.74, 6) is -0.0873. The fraction of sp³-hybridized carbons (Fsp3) is 0.474. The van der Waals surface area contributed by atoms with Gasteiger partial charge in [0.05, 0.1) is 17.9 Å². The van der Waals surface area contributed by atoms with Gasteiger partial charge in [0, 0.05) is 23.7 Å². The maximum absolute atomic E-state index is 12.9. The summed E-state index contributed by atoms with van der Waals surface area (Å²) in [5.41, 5.74) is 0.136. The van der Waals surface area contributed by atoms with Crippen molar-refractivity contribution in [1.82, 2.24) is 15.1 Å². The van der Waals surface area contributed by atoms with Gasteiger partial charge < -0.3 is 20.4 Å². The molecule has 1 saturated heterocycles. The minimum absolute atomic E-state index is 0.166. The number of aliphatic hydroxyl groups excluding tert-OH is 1. The number of alkyl halides is 3. The first-order valence-corrected chi connectivity index (χ1v) is 9.02. The third-order valence-electron chi connectivity index (χ3n) is 4.91. The van der Waals surface area contributed by atoms with Crippen molar-refractivity contribution in [2.75, 3.05) is 25.5 Å². The van der Waals surface area contributed by atoms with Crippen LogP contribution < -0.4 is 5.32 Å². The van der Waals surface area contributed by atoms with E-state index in [1.807, 2.05) is 7.05 Å². The molecular weight excluding hydrogens is 373 g/mol. The number of aliphatic hydroxyl groups is 1. The maximum atomic E-state index is 12.9. The van der Waals surface area contributed by atoms with Crippen LogP contribution in [-0.4, -0.2) is 51.5 Å². The van der Waals surface area contributed by atoms with Crippen molar-refractivity contribution in [2.24, 2.45) is 0 Å². The number of likely N-dealkylation sites (N-methyl/N-ethyl adjacent to an activating group) is 1. The highest BCUT2D eigenvalue weighted by Crippen LogP contribution is 2.38. The second-order valence-corrected chi connectivity index (χ2v) is 7.19. The van der Waals surface area contributed by atoms with E-state index in [4.69, 9.17) is 0 Å². The Kier molecular flexibility index (Phi) is 5.76. The molecule has 0 bridgehead atoms. The number of hydrogen-bond acceptors (Lipinski definition) is 6. The molecule has 28 heavy (non-hydrogen) atoms. The van der Waals surface area contributed by atoms with Crippen molar-refractivity contribution in [3.8, 4) is 17.0 Å². The van der Waals surface area contributed by atoms with E-state index in [-0.39, 0.29) is 29.5 Å². The van der Waals surface area contributed by atoms with Crippen molar-refractivity contribution < 1.29 is 23.4 Å². The fourth-order valence-electron chi connectivity index (χ4n) is 3.54. The minimum Gasteiger partial charge on any atom is -0.507 e. The molecule has 1 aliphatic rings. The topological polar surface area (TPSA) is 81.5 Å². The predicted octanol–water partition coefficient (Wildman–Crippen LogP) is 3.17. The van der Waals surface area contributed by atoms with E-state index in [0.29, 0.717) is 17.4 Å². The zero-order valence-electron chi connectivity index (χ0n) is 15.7. The number of nitrogens with one attached hydrogen (secondary N) is 1. The molecule has 9 heteroatoms. The monoisotopic (exact) mass is 396 g/mol. The Morgan fingerprint density at radius 2 is 2.00 bits per heavy atom. The molecule has 3 N–H and O–H groups in total. The lowest BCUT2D eigenvalue weighted by atomic mass is 9.99. The van der Waals surface area contributed by atoms with Gasteiger partial charge in [-0.15, -0.1) is 10.2 Å². The van der Waals surface area contributed by atoms with Crippen molar-refractivity contribution in [2.45, 2.75) is 38.6 Å². The number of phenolic OH excluding ortho intramolecular Hbond substituents is 1. The first-order chi connectivity index (χ1) is 13.2. The zero-order valence-corrected chi connectivity index (χ0v) is 15.7. The van der Waals surface area contributed by atoms with Crippen molar-refractivity contribution in [3.63, 3.8) is 0 Å². The van der Waals surface area contributed by atoms with Crippen LogP contribution in [0, 0.1) is 6.92 Å². The van der Waals surface area contributed by atoms with Crippen LogP contribution in [0.25, 0.3) is 11.3 Å². The molecule has 1 aromatic carbocycles. The maximum Gasteiger partial charge on any atom is 0.416 e. The first-order valence-electron chi connectivity index (χ1n) is 9.02. The van der Waals surface area contributed by atoms with Gasteiger partial charge in [0.25, 0.3) is 0 Å². The quantitative estimate of drug-likeness (QED) is 0.737. The van der Waals surface area contributed by atoms with E-state index in [2.05, 4.69) is 20.4 Å². The van der Waals surface area contributed by atoms with Gasteiger partial charge in [0.1, 0.15) is 5.75 Å². The van der Waals surface area contributed by atoms with Crippen LogP contribution >= 0.6 is 0 Å². The van der Waals surface area contributed by atoms with Crippen molar-refractivity contribution in [3.05, 3.63) is 34.9 Å². The number of hydrogen-bond donors (Lipinski definition) is 3. The number of halogens is 3. The third-order valence-corrected chi connectivity index (χ3v) is 4.91. The zero-order chi connectivity index (χ0) is 20.5. The highest BCUT2D eigenvalue weighted by molar-refractivity contribution is 5.72. The summed E-state index contributed by atoms with van der Waals surface area (Å²) in [6, 6.07) is 3.34. The number of benzene rings is 1. The van der Waals surface area contributed by atoms with Crippen LogP contribution in [0.1, 0.15) is 29.5 Å². The normalized spacial score (nSPS) is 18.3. The van der Waals surface area contributed by atoms with Crippen molar-refractivity contribution in [1.29, 1.82) is 0 Å². The molecule has 1 fully saturated rings. The number of anilines is 1. The highest BCUT2D eigenvalue weighted by atomic mass is 19.4. The summed E-state index contributed by atoms with van der Waals surface area (Å²) >= 11 is 0. The molecule has 0 radical (unpaired) electrons. The number of likely N-dealkylation sites (tertiary alicyclic amines) is 1. The van der Waals surface area contributed by atoms with Crippen LogP contribution in [0.4, 0.5) is 19.0 Å². The molecule has 152 valence electrons. The summed E-state index contributed by atoms with van der Waals surface area (Å²) in [4.78, 5) is 2.20. The van der Waals surface area contributed by atoms with Crippen LogP contribution in [0.15, 0.2) is 18.2 Å². The van der Waals surface area contributed by atoms with E-state index in [9.17, 15) is 23.4 Å². The Balaban J connectivity index is 1.92. The van der Waals surface area contributed by atoms with Crippen LogP contribution in [0.2, 0.25) is 0 Å². The summed E-state index contributed by atoms with van der Waals surface area (Å²) in [5, 5.41) is 31.4. The number of piperidine rings is 1. The Morgan fingerprint density at radius 1 is 1.25 bits per heavy atom. The Labute approximate surface area is 161 Å². The summed E-state index contributed by atoms with van der Waals surface area (Å²) in [7, 11) is 2.03. The van der Waals surface area contributed by atoms with Gasteiger partial charge in [-0.2, -0.15) is 13.2 Å². The van der Waals surface area contributed by atoms with Crippen LogP contribution in [-0.2, 0) is 12.8 Å². The van der Waals surface area contributed by atoms with E-state index < -0.39 is 17.5 Å². The summed E-state index contributed by atoms with van der Waals surface area (Å²) in [6.45, 7) is 3.03. The highest BCUT2D eigenvalue weighted by Gasteiger charge is 2.32. The number of aromatic hydroxyl groups is 1. The standard InChI is InChI=1S/C19H23F3N4O2/c1-11-6-13(19(20,21)22)8-16(28)17(11)15-7-12(10-27)18(25-24-15)23-14-4-3-5-26(2)9-14/h6-8,14,27-28H,3-5,9-10H2,1-2H3,(H,23,25). The average Bonchev–Trinajstić information content (AvgIpc) is 2.61. The Hall–Kier alpha value is -2.39. The molecule has 1 atom stereocenters. The van der Waals surface area contributed by atoms with E-state index in [1.165, 1.54) is 13.0 Å². The number of nitrogens with zero attached hydrogens (tertiary/aromatic N) is 3. The molecule has 2 heterocycles. The van der Waals surface area contributed by atoms with E-state index in [0.717, 1.165) is 32.0 Å². The number of rotatable bonds is 4. The lowest BCUT2D eigenvalue weighted by Gasteiger charge is -2.30. The smallest absolute Gasteiger partial charge is 0.416 e. The van der Waals surface area contributed by atoms with Crippen LogP contribution in [0.5, 0.6) is 5.75 Å². The van der Waals surface area contributed by atoms with E-state index >= 15 is 0 Å². The number of aryl methyl sites for hydroxylation is 1. The molecule has 0 amide bonds. The van der Waals surface area contributed by atoms with Crippen LogP contribution in [0.3, 0.4) is 0 Å². The molecule has 6 nitrogen and oxygen atoms in total. The molecule has 0 saturated carbocycles. The second kappa shape index (κ2) is 7.92. The van der Waals surface area contributed by atoms with Gasteiger partial charge in [-0.1, -0.05) is 0 Å². The molecule has 1 unspecified atom stereocenters. The number of phenols is 1. The lowest BCUT2D eigenvalue weighted by Crippen LogP contribution is -2.40. The molecule has 0 spiro atoms. The lowest BCUT2D eigenvalue weighted by molar-refractivity contribution is -0.137. The molecule has 0 aliphatic carbocycles. The number of aromatic nitrogens is 2. The first kappa shape index (κ1) is 20.3. The van der Waals surface area contributed by atoms with Gasteiger partial charge in [0.15, 0.2) is 5.82 Å². The third kappa shape index (κ3) is 4.36. The Morgan fingerprint density at radius 3 is 2.61 bits per heavy atom. The molecule has 1 aromatic heterocycles. The minimum atomic E-state index is -4.55. The van der Waals surface area contributed by atoms with E-state index in [1.54, 1.807) is 0 Å². The van der Waals surface area contributed by atoms with Crippen molar-refractivity contribution >= 4 is 5.82 Å². The SMILES string of the molecule is Cc1cc(C(F)(F)F)cc(O)c1-c1cc(CO)c(NC2CCCN(C)C2)nn1. The van der Waals surface area contributed by atoms with Gasteiger partial charge in [-0.05, 0) is 57.1 Å². The predicted molar refractivity (Wildman–Crippen MR) is 98.9 cm³/mol. The average molecular weight is 396 g/mol. The van der Waals surface area contributed by atoms with Gasteiger partial charge >= 0.3 is 6.18 Å². The molecule has 3 rings (SSSR count). The summed E-state index contributed by atoms with van der Waals surface area (Å²) < 4.78 is 38.8.